The minimum absolute atomic E-state index is 0.336. The van der Waals surface area contributed by atoms with Gasteiger partial charge in [0.15, 0.2) is 0 Å². The van der Waals surface area contributed by atoms with Crippen molar-refractivity contribution in [3.8, 4) is 5.75 Å². The highest BCUT2D eigenvalue weighted by atomic mass is 32.2. The minimum Gasteiger partial charge on any atom is -0.427 e. The summed E-state index contributed by atoms with van der Waals surface area (Å²) in [5.41, 5.74) is 3.88. The standard InChI is InChI=1S/C18H19N3O5S/c1-13(22)26-17-10-4-14(5-11-17)12-19-20-18(23)15-6-8-16(9-7-15)21(2)27(3,24)25/h4-12H,1-3H3,(H,20,23)/b19-12-. The second-order valence-corrected chi connectivity index (χ2v) is 7.65. The first-order valence-corrected chi connectivity index (χ1v) is 9.67. The number of hydrogen-bond acceptors (Lipinski definition) is 6. The number of carbonyl (C=O) groups excluding carboxylic acids is 2. The third kappa shape index (κ3) is 5.93. The number of esters is 1. The number of amides is 1. The molecule has 0 heterocycles. The minimum atomic E-state index is -3.36. The van der Waals surface area contributed by atoms with Crippen LogP contribution in [0.1, 0.15) is 22.8 Å². The molecule has 1 N–H and O–H groups in total. The molecule has 0 aliphatic rings. The van der Waals surface area contributed by atoms with E-state index in [1.165, 1.54) is 44.5 Å². The zero-order chi connectivity index (χ0) is 20.0. The predicted octanol–water partition coefficient (Wildman–Crippen LogP) is 1.77. The summed E-state index contributed by atoms with van der Waals surface area (Å²) in [6.07, 6.45) is 2.54. The fourth-order valence-electron chi connectivity index (χ4n) is 2.03. The smallest absolute Gasteiger partial charge is 0.308 e. The van der Waals surface area contributed by atoms with Crippen molar-refractivity contribution < 1.29 is 22.7 Å². The fourth-order valence-corrected chi connectivity index (χ4v) is 2.54. The van der Waals surface area contributed by atoms with E-state index in [1.807, 2.05) is 0 Å². The van der Waals surface area contributed by atoms with Crippen LogP contribution in [0.15, 0.2) is 53.6 Å². The largest absolute Gasteiger partial charge is 0.427 e. The van der Waals surface area contributed by atoms with E-state index in [0.717, 1.165) is 10.6 Å². The molecule has 0 radical (unpaired) electrons. The lowest BCUT2D eigenvalue weighted by molar-refractivity contribution is -0.131. The molecule has 0 spiro atoms. The maximum absolute atomic E-state index is 12.1. The molecule has 0 bridgehead atoms. The highest BCUT2D eigenvalue weighted by Gasteiger charge is 2.12. The molecule has 8 nitrogen and oxygen atoms in total. The topological polar surface area (TPSA) is 105 Å². The van der Waals surface area contributed by atoms with Gasteiger partial charge in [-0.25, -0.2) is 13.8 Å². The van der Waals surface area contributed by atoms with E-state index in [2.05, 4.69) is 10.5 Å². The zero-order valence-corrected chi connectivity index (χ0v) is 15.9. The number of ether oxygens (including phenoxy) is 1. The van der Waals surface area contributed by atoms with Crippen molar-refractivity contribution in [3.63, 3.8) is 0 Å². The summed E-state index contributed by atoms with van der Waals surface area (Å²) in [5.74, 6) is -0.420. The van der Waals surface area contributed by atoms with Gasteiger partial charge in [0.1, 0.15) is 5.75 Å². The Morgan fingerprint density at radius 2 is 1.67 bits per heavy atom. The molecule has 0 fully saturated rings. The summed E-state index contributed by atoms with van der Waals surface area (Å²) in [7, 11) is -1.93. The molecular weight excluding hydrogens is 370 g/mol. The Hall–Kier alpha value is -3.20. The van der Waals surface area contributed by atoms with Crippen molar-refractivity contribution in [3.05, 3.63) is 59.7 Å². The number of carbonyl (C=O) groups is 2. The predicted molar refractivity (Wildman–Crippen MR) is 103 cm³/mol. The SMILES string of the molecule is CC(=O)Oc1ccc(/C=N\NC(=O)c2ccc(N(C)S(C)(=O)=O)cc2)cc1. The van der Waals surface area contributed by atoms with Crippen molar-refractivity contribution in [2.24, 2.45) is 5.10 Å². The molecule has 2 aromatic carbocycles. The number of hydrogen-bond donors (Lipinski definition) is 1. The molecule has 27 heavy (non-hydrogen) atoms. The maximum atomic E-state index is 12.1. The molecule has 9 heteroatoms. The number of hydrazone groups is 1. The maximum Gasteiger partial charge on any atom is 0.308 e. The van der Waals surface area contributed by atoms with E-state index in [0.29, 0.717) is 22.6 Å². The van der Waals surface area contributed by atoms with E-state index < -0.39 is 21.9 Å². The lowest BCUT2D eigenvalue weighted by Crippen LogP contribution is -2.25. The fraction of sp³-hybridized carbons (Fsp3) is 0.167. The van der Waals surface area contributed by atoms with Crippen molar-refractivity contribution >= 4 is 33.8 Å². The van der Waals surface area contributed by atoms with Gasteiger partial charge in [-0.1, -0.05) is 0 Å². The Bertz CT molecular complexity index is 951. The first-order valence-electron chi connectivity index (χ1n) is 7.82. The normalized spacial score (nSPS) is 11.2. The van der Waals surface area contributed by atoms with Gasteiger partial charge in [0.2, 0.25) is 10.0 Å². The number of anilines is 1. The van der Waals surface area contributed by atoms with Crippen LogP contribution in [0.4, 0.5) is 5.69 Å². The van der Waals surface area contributed by atoms with Crippen LogP contribution in [0.2, 0.25) is 0 Å². The second kappa shape index (κ2) is 8.45. The number of sulfonamides is 1. The Labute approximate surface area is 157 Å². The summed E-state index contributed by atoms with van der Waals surface area (Å²) in [5, 5.41) is 3.87. The third-order valence-electron chi connectivity index (χ3n) is 3.51. The molecule has 1 amide bonds. The number of benzene rings is 2. The molecule has 0 unspecified atom stereocenters. The molecule has 0 aromatic heterocycles. The lowest BCUT2D eigenvalue weighted by atomic mass is 10.2. The van der Waals surface area contributed by atoms with Crippen LogP contribution >= 0.6 is 0 Å². The van der Waals surface area contributed by atoms with Gasteiger partial charge in [0, 0.05) is 19.5 Å². The van der Waals surface area contributed by atoms with Crippen LogP contribution in [0, 0.1) is 0 Å². The summed E-state index contributed by atoms with van der Waals surface area (Å²) in [6, 6.07) is 12.7. The quantitative estimate of drug-likeness (QED) is 0.351. The molecule has 2 rings (SSSR count). The van der Waals surface area contributed by atoms with Crippen LogP contribution in [0.25, 0.3) is 0 Å². The van der Waals surface area contributed by atoms with Crippen molar-refractivity contribution in [1.82, 2.24) is 5.43 Å². The van der Waals surface area contributed by atoms with Crippen LogP contribution in [-0.4, -0.2) is 39.8 Å². The van der Waals surface area contributed by atoms with E-state index in [-0.39, 0.29) is 0 Å². The van der Waals surface area contributed by atoms with Gasteiger partial charge in [-0.15, -0.1) is 0 Å². The van der Waals surface area contributed by atoms with Crippen LogP contribution in [0.5, 0.6) is 5.75 Å². The average molecular weight is 389 g/mol. The van der Waals surface area contributed by atoms with Crippen molar-refractivity contribution in [2.45, 2.75) is 6.92 Å². The van der Waals surface area contributed by atoms with Gasteiger partial charge >= 0.3 is 5.97 Å². The lowest BCUT2D eigenvalue weighted by Gasteiger charge is -2.16. The Balaban J connectivity index is 1.97. The van der Waals surface area contributed by atoms with Crippen molar-refractivity contribution in [2.75, 3.05) is 17.6 Å². The molecule has 2 aromatic rings. The number of nitrogens with one attached hydrogen (secondary N) is 1. The van der Waals surface area contributed by atoms with E-state index in [1.54, 1.807) is 24.3 Å². The second-order valence-electron chi connectivity index (χ2n) is 5.64. The number of rotatable bonds is 6. The molecule has 142 valence electrons. The number of nitrogens with zero attached hydrogens (tertiary/aromatic N) is 2. The van der Waals surface area contributed by atoms with Gasteiger partial charge in [-0.05, 0) is 54.1 Å². The van der Waals surface area contributed by atoms with Crippen LogP contribution in [-0.2, 0) is 14.8 Å². The molecule has 0 aliphatic heterocycles. The van der Waals surface area contributed by atoms with E-state index in [9.17, 15) is 18.0 Å². The first kappa shape index (κ1) is 20.1. The highest BCUT2D eigenvalue weighted by Crippen LogP contribution is 2.16. The Morgan fingerprint density at radius 1 is 1.07 bits per heavy atom. The van der Waals surface area contributed by atoms with Gasteiger partial charge in [0.25, 0.3) is 5.91 Å². The van der Waals surface area contributed by atoms with Crippen LogP contribution in [0.3, 0.4) is 0 Å². The Kier molecular flexibility index (Phi) is 6.30. The summed E-state index contributed by atoms with van der Waals surface area (Å²) < 4.78 is 29.0. The molecule has 0 saturated carbocycles. The summed E-state index contributed by atoms with van der Waals surface area (Å²) in [6.45, 7) is 1.32. The van der Waals surface area contributed by atoms with Crippen LogP contribution < -0.4 is 14.5 Å². The van der Waals surface area contributed by atoms with E-state index >= 15 is 0 Å². The van der Waals surface area contributed by atoms with Gasteiger partial charge in [-0.3, -0.25) is 13.9 Å². The van der Waals surface area contributed by atoms with Gasteiger partial charge in [-0.2, -0.15) is 5.10 Å². The summed E-state index contributed by atoms with van der Waals surface area (Å²) >= 11 is 0. The van der Waals surface area contributed by atoms with Gasteiger partial charge in [0.05, 0.1) is 18.2 Å². The third-order valence-corrected chi connectivity index (χ3v) is 4.72. The Morgan fingerprint density at radius 3 is 2.19 bits per heavy atom. The molecule has 0 aliphatic carbocycles. The van der Waals surface area contributed by atoms with E-state index in [4.69, 9.17) is 4.74 Å². The van der Waals surface area contributed by atoms with Crippen molar-refractivity contribution in [1.29, 1.82) is 0 Å². The first-order chi connectivity index (χ1) is 12.7. The molecule has 0 atom stereocenters. The highest BCUT2D eigenvalue weighted by molar-refractivity contribution is 7.92. The zero-order valence-electron chi connectivity index (χ0n) is 15.0. The monoisotopic (exact) mass is 389 g/mol. The average Bonchev–Trinajstić information content (AvgIpc) is 2.61. The molecular formula is C18H19N3O5S. The summed E-state index contributed by atoms with van der Waals surface area (Å²) in [4.78, 5) is 22.9. The van der Waals surface area contributed by atoms with Gasteiger partial charge < -0.3 is 4.74 Å². The molecule has 0 saturated heterocycles.